The van der Waals surface area contributed by atoms with Crippen LogP contribution in [-0.4, -0.2) is 40.2 Å². The Balaban J connectivity index is 1.90. The molecule has 1 atom stereocenters. The van der Waals surface area contributed by atoms with Crippen LogP contribution in [0.1, 0.15) is 58.7 Å². The summed E-state index contributed by atoms with van der Waals surface area (Å²) in [5, 5.41) is 0. The fourth-order valence-corrected chi connectivity index (χ4v) is 3.83. The Bertz CT molecular complexity index is 880. The molecule has 1 aromatic carbocycles. The van der Waals surface area contributed by atoms with Crippen LogP contribution in [0.15, 0.2) is 35.1 Å². The molecule has 28 heavy (non-hydrogen) atoms. The number of nitrogens with zero attached hydrogens (tertiary/aromatic N) is 2. The van der Waals surface area contributed by atoms with E-state index >= 15 is 0 Å². The van der Waals surface area contributed by atoms with Crippen LogP contribution >= 0.6 is 0 Å². The number of ether oxygens (including phenoxy) is 1. The van der Waals surface area contributed by atoms with Gasteiger partial charge in [0.15, 0.2) is 0 Å². The van der Waals surface area contributed by atoms with E-state index in [1.165, 1.54) is 5.56 Å². The topological polar surface area (TPSA) is 58.2 Å². The lowest BCUT2D eigenvalue weighted by Gasteiger charge is -2.40. The van der Waals surface area contributed by atoms with Gasteiger partial charge >= 0.3 is 0 Å². The van der Waals surface area contributed by atoms with Gasteiger partial charge in [-0.25, -0.2) is 4.98 Å². The van der Waals surface area contributed by atoms with E-state index in [9.17, 15) is 4.79 Å². The molecule has 1 N–H and O–H groups in total. The van der Waals surface area contributed by atoms with Crippen molar-refractivity contribution in [3.8, 4) is 11.4 Å². The highest BCUT2D eigenvalue weighted by molar-refractivity contribution is 5.60. The minimum Gasteiger partial charge on any atom is -0.375 e. The molecule has 1 aliphatic rings. The van der Waals surface area contributed by atoms with Gasteiger partial charge < -0.3 is 9.72 Å². The predicted octanol–water partition coefficient (Wildman–Crippen LogP) is 4.12. The lowest BCUT2D eigenvalue weighted by molar-refractivity contribution is -0.0809. The van der Waals surface area contributed by atoms with E-state index in [4.69, 9.17) is 9.72 Å². The SMILES string of the molecule is CN(Cc1ccccc1-c1nc(C(C)(C)C)cc(=O)[nH]1)C1CCOC(C)(C)C1. The van der Waals surface area contributed by atoms with Crippen LogP contribution in [0.25, 0.3) is 11.4 Å². The van der Waals surface area contributed by atoms with E-state index < -0.39 is 0 Å². The fourth-order valence-electron chi connectivity index (χ4n) is 3.83. The molecule has 152 valence electrons. The first-order valence-corrected chi connectivity index (χ1v) is 10.1. The standard InChI is InChI=1S/C23H33N3O2/c1-22(2,3)19-13-20(27)25-21(24-19)18-10-8-7-9-16(18)15-26(6)17-11-12-28-23(4,5)14-17/h7-10,13,17H,11-12,14-15H2,1-6H3,(H,24,25,27). The van der Waals surface area contributed by atoms with Crippen molar-refractivity contribution in [2.24, 2.45) is 0 Å². The number of nitrogens with one attached hydrogen (secondary N) is 1. The van der Waals surface area contributed by atoms with Crippen molar-refractivity contribution in [3.63, 3.8) is 0 Å². The normalized spacial score (nSPS) is 19.8. The zero-order valence-electron chi connectivity index (χ0n) is 18.0. The molecule has 5 heteroatoms. The van der Waals surface area contributed by atoms with Gasteiger partial charge in [-0.3, -0.25) is 9.69 Å². The summed E-state index contributed by atoms with van der Waals surface area (Å²) in [7, 11) is 2.17. The maximum Gasteiger partial charge on any atom is 0.251 e. The van der Waals surface area contributed by atoms with Crippen molar-refractivity contribution < 1.29 is 4.74 Å². The molecule has 3 rings (SSSR count). The van der Waals surface area contributed by atoms with Gasteiger partial charge in [0, 0.05) is 36.2 Å². The van der Waals surface area contributed by atoms with Crippen molar-refractivity contribution in [1.82, 2.24) is 14.9 Å². The lowest BCUT2D eigenvalue weighted by atomic mass is 9.91. The molecule has 1 aliphatic heterocycles. The molecule has 1 saturated heterocycles. The quantitative estimate of drug-likeness (QED) is 0.863. The van der Waals surface area contributed by atoms with Crippen LogP contribution in [0.2, 0.25) is 0 Å². The van der Waals surface area contributed by atoms with Gasteiger partial charge in [-0.05, 0) is 39.3 Å². The van der Waals surface area contributed by atoms with Gasteiger partial charge in [-0.2, -0.15) is 0 Å². The molecular formula is C23H33N3O2. The van der Waals surface area contributed by atoms with E-state index in [1.807, 2.05) is 18.2 Å². The molecule has 1 fully saturated rings. The predicted molar refractivity (Wildman–Crippen MR) is 114 cm³/mol. The Morgan fingerprint density at radius 1 is 1.29 bits per heavy atom. The van der Waals surface area contributed by atoms with E-state index in [2.05, 4.69) is 57.6 Å². The van der Waals surface area contributed by atoms with Crippen LogP contribution in [0.3, 0.4) is 0 Å². The van der Waals surface area contributed by atoms with Crippen LogP contribution in [0.5, 0.6) is 0 Å². The first-order valence-electron chi connectivity index (χ1n) is 10.1. The molecule has 2 aromatic rings. The molecule has 0 aliphatic carbocycles. The van der Waals surface area contributed by atoms with E-state index in [0.717, 1.165) is 37.3 Å². The van der Waals surface area contributed by atoms with Gasteiger partial charge in [0.2, 0.25) is 0 Å². The molecule has 0 spiro atoms. The number of hydrogen-bond acceptors (Lipinski definition) is 4. The molecule has 0 saturated carbocycles. The zero-order valence-corrected chi connectivity index (χ0v) is 18.0. The second kappa shape index (κ2) is 7.80. The highest BCUT2D eigenvalue weighted by Crippen LogP contribution is 2.29. The van der Waals surface area contributed by atoms with Gasteiger partial charge in [0.1, 0.15) is 5.82 Å². The zero-order chi connectivity index (χ0) is 20.5. The third-order valence-electron chi connectivity index (χ3n) is 5.50. The Kier molecular flexibility index (Phi) is 5.78. The summed E-state index contributed by atoms with van der Waals surface area (Å²) in [5.41, 5.74) is 2.60. The Morgan fingerprint density at radius 2 is 2.00 bits per heavy atom. The fraction of sp³-hybridized carbons (Fsp3) is 0.565. The first kappa shape index (κ1) is 20.7. The second-order valence-electron chi connectivity index (χ2n) is 9.56. The summed E-state index contributed by atoms with van der Waals surface area (Å²) in [6.07, 6.45) is 2.05. The third kappa shape index (κ3) is 4.89. The van der Waals surface area contributed by atoms with E-state index in [1.54, 1.807) is 6.07 Å². The highest BCUT2D eigenvalue weighted by Gasteiger charge is 2.31. The van der Waals surface area contributed by atoms with Crippen molar-refractivity contribution in [2.45, 2.75) is 71.1 Å². The molecule has 0 bridgehead atoms. The van der Waals surface area contributed by atoms with Crippen LogP contribution < -0.4 is 5.56 Å². The Hall–Kier alpha value is -1.98. The molecule has 0 radical (unpaired) electrons. The monoisotopic (exact) mass is 383 g/mol. The van der Waals surface area contributed by atoms with Gasteiger partial charge in [-0.1, -0.05) is 45.0 Å². The van der Waals surface area contributed by atoms with Gasteiger partial charge in [0.05, 0.1) is 11.3 Å². The summed E-state index contributed by atoms with van der Waals surface area (Å²) in [6, 6.07) is 10.3. The number of hydrogen-bond donors (Lipinski definition) is 1. The molecule has 1 aromatic heterocycles. The van der Waals surface area contributed by atoms with Crippen LogP contribution in [0.4, 0.5) is 0 Å². The van der Waals surface area contributed by atoms with E-state index in [0.29, 0.717) is 11.9 Å². The number of H-pyrrole nitrogens is 1. The third-order valence-corrected chi connectivity index (χ3v) is 5.50. The summed E-state index contributed by atoms with van der Waals surface area (Å²) in [4.78, 5) is 22.4. The van der Waals surface area contributed by atoms with Gasteiger partial charge in [0.25, 0.3) is 5.56 Å². The number of aromatic amines is 1. The van der Waals surface area contributed by atoms with Crippen molar-refractivity contribution in [2.75, 3.05) is 13.7 Å². The van der Waals surface area contributed by atoms with Crippen molar-refractivity contribution in [3.05, 3.63) is 51.9 Å². The minimum absolute atomic E-state index is 0.0788. The van der Waals surface area contributed by atoms with E-state index in [-0.39, 0.29) is 16.6 Å². The van der Waals surface area contributed by atoms with Crippen LogP contribution in [0, 0.1) is 0 Å². The maximum absolute atomic E-state index is 12.3. The molecule has 0 amide bonds. The Labute approximate surface area is 168 Å². The van der Waals surface area contributed by atoms with Crippen molar-refractivity contribution in [1.29, 1.82) is 0 Å². The molecule has 5 nitrogen and oxygen atoms in total. The average molecular weight is 384 g/mol. The number of aromatic nitrogens is 2. The highest BCUT2D eigenvalue weighted by atomic mass is 16.5. The lowest BCUT2D eigenvalue weighted by Crippen LogP contribution is -2.44. The minimum atomic E-state index is -0.178. The maximum atomic E-state index is 12.3. The summed E-state index contributed by atoms with van der Waals surface area (Å²) in [5.74, 6) is 0.647. The molecular weight excluding hydrogens is 350 g/mol. The first-order chi connectivity index (χ1) is 13.0. The smallest absolute Gasteiger partial charge is 0.251 e. The largest absolute Gasteiger partial charge is 0.375 e. The molecule has 1 unspecified atom stereocenters. The van der Waals surface area contributed by atoms with Crippen molar-refractivity contribution >= 4 is 0 Å². The number of benzene rings is 1. The summed E-state index contributed by atoms with van der Waals surface area (Å²) < 4.78 is 5.87. The number of rotatable bonds is 4. The van der Waals surface area contributed by atoms with Crippen LogP contribution in [-0.2, 0) is 16.7 Å². The summed E-state index contributed by atoms with van der Waals surface area (Å²) >= 11 is 0. The summed E-state index contributed by atoms with van der Waals surface area (Å²) in [6.45, 7) is 12.1. The molecule has 2 heterocycles. The average Bonchev–Trinajstić information content (AvgIpc) is 2.60. The Morgan fingerprint density at radius 3 is 2.68 bits per heavy atom. The second-order valence-corrected chi connectivity index (χ2v) is 9.56. The van der Waals surface area contributed by atoms with Gasteiger partial charge in [-0.15, -0.1) is 0 Å².